The van der Waals surface area contributed by atoms with Gasteiger partial charge in [-0.15, -0.1) is 0 Å². The van der Waals surface area contributed by atoms with Crippen LogP contribution in [-0.2, 0) is 26.3 Å². The molecule has 0 unspecified atom stereocenters. The molecule has 352 valence electrons. The van der Waals surface area contributed by atoms with Crippen molar-refractivity contribution in [1.82, 2.24) is 29.0 Å². The number of halogens is 2. The average molecular weight is 947 g/mol. The van der Waals surface area contributed by atoms with Crippen molar-refractivity contribution >= 4 is 55.9 Å². The molecule has 0 bridgehead atoms. The van der Waals surface area contributed by atoms with E-state index in [1.165, 1.54) is 29.1 Å². The number of anilines is 3. The second-order valence-electron chi connectivity index (χ2n) is 17.9. The molecule has 2 atom stereocenters. The Morgan fingerprint density at radius 1 is 0.838 bits per heavy atom. The third kappa shape index (κ3) is 8.84. The summed E-state index contributed by atoms with van der Waals surface area (Å²) in [6.07, 6.45) is 2.85. The molecule has 5 aromatic rings. The highest BCUT2D eigenvalue weighted by Crippen LogP contribution is 2.36. The number of carbonyl (C=O) groups is 3. The zero-order valence-corrected chi connectivity index (χ0v) is 37.8. The number of hydrogen-bond donors (Lipinski definition) is 2. The van der Waals surface area contributed by atoms with E-state index in [-0.39, 0.29) is 54.6 Å². The van der Waals surface area contributed by atoms with Crippen LogP contribution in [0.25, 0.3) is 16.6 Å². The third-order valence-corrected chi connectivity index (χ3v) is 15.2. The molecule has 0 saturated carbocycles. The average Bonchev–Trinajstić information content (AvgIpc) is 3.93. The van der Waals surface area contributed by atoms with Gasteiger partial charge < -0.3 is 19.4 Å². The number of amides is 3. The Morgan fingerprint density at radius 2 is 1.57 bits per heavy atom. The quantitative estimate of drug-likeness (QED) is 0.174. The summed E-state index contributed by atoms with van der Waals surface area (Å²) in [6.45, 7) is 6.39. The molecule has 4 fully saturated rings. The van der Waals surface area contributed by atoms with Crippen LogP contribution >= 0.6 is 0 Å². The van der Waals surface area contributed by atoms with Gasteiger partial charge >= 0.3 is 10.2 Å². The fraction of sp³-hybridized carbons (Fsp3) is 0.375. The molecule has 0 radical (unpaired) electrons. The van der Waals surface area contributed by atoms with Gasteiger partial charge in [-0.3, -0.25) is 38.7 Å². The Kier molecular flexibility index (Phi) is 12.1. The first-order valence-electron chi connectivity index (χ1n) is 22.8. The van der Waals surface area contributed by atoms with Gasteiger partial charge in [0.25, 0.3) is 11.5 Å². The van der Waals surface area contributed by atoms with Crippen molar-refractivity contribution in [1.29, 1.82) is 5.26 Å². The maximum absolute atomic E-state index is 15.2. The number of imide groups is 1. The molecular formula is C48H48F2N10O7S. The van der Waals surface area contributed by atoms with Gasteiger partial charge in [-0.05, 0) is 110 Å². The Morgan fingerprint density at radius 3 is 2.29 bits per heavy atom. The minimum absolute atomic E-state index is 0.0155. The highest BCUT2D eigenvalue weighted by Gasteiger charge is 2.39. The number of fused-ring (bicyclic) bond motifs is 2. The molecule has 2 N–H and O–H groups in total. The summed E-state index contributed by atoms with van der Waals surface area (Å²) in [5.74, 6) is -1.77. The number of alkyl halides is 1. The largest absolute Gasteiger partial charge is 0.453 e. The van der Waals surface area contributed by atoms with Crippen molar-refractivity contribution in [2.75, 3.05) is 73.4 Å². The first kappa shape index (κ1) is 44.9. The highest BCUT2D eigenvalue weighted by atomic mass is 32.2. The molecule has 3 amide bonds. The Hall–Kier alpha value is -6.95. The molecule has 0 spiro atoms. The van der Waals surface area contributed by atoms with Crippen molar-refractivity contribution in [3.8, 4) is 23.3 Å². The fourth-order valence-electron chi connectivity index (χ4n) is 9.94. The fourth-order valence-corrected chi connectivity index (χ4v) is 11.2. The number of nitriles is 1. The number of piperidine rings is 2. The number of ether oxygens (including phenoxy) is 1. The van der Waals surface area contributed by atoms with E-state index in [0.29, 0.717) is 35.7 Å². The molecule has 1 aromatic heterocycles. The topological polar surface area (TPSA) is 194 Å². The Balaban J connectivity index is 0.733. The van der Waals surface area contributed by atoms with Gasteiger partial charge in [0.15, 0.2) is 11.6 Å². The van der Waals surface area contributed by atoms with Crippen LogP contribution in [0.4, 0.5) is 25.8 Å². The molecule has 20 heteroatoms. The van der Waals surface area contributed by atoms with Gasteiger partial charge in [0.05, 0.1) is 22.3 Å². The molecule has 5 aliphatic rings. The van der Waals surface area contributed by atoms with Gasteiger partial charge in [-0.25, -0.2) is 13.8 Å². The Labute approximate surface area is 390 Å². The number of nitrogens with one attached hydrogen (secondary N) is 2. The van der Waals surface area contributed by atoms with Crippen molar-refractivity contribution in [3.05, 3.63) is 112 Å². The lowest BCUT2D eigenvalue weighted by Crippen LogP contribution is -2.52. The lowest BCUT2D eigenvalue weighted by atomic mass is 9.95. The maximum atomic E-state index is 15.2. The zero-order chi connectivity index (χ0) is 47.3. The number of hydrogen-bond acceptors (Lipinski definition) is 12. The van der Waals surface area contributed by atoms with E-state index in [1.807, 2.05) is 36.4 Å². The monoisotopic (exact) mass is 946 g/mol. The third-order valence-electron chi connectivity index (χ3n) is 13.7. The zero-order valence-electron chi connectivity index (χ0n) is 36.9. The van der Waals surface area contributed by atoms with Crippen LogP contribution in [0.2, 0.25) is 0 Å². The van der Waals surface area contributed by atoms with Gasteiger partial charge in [-0.2, -0.15) is 18.0 Å². The molecular weight excluding hydrogens is 899 g/mol. The SMILES string of the molecule is N#Cc1c(NS(=O)(=O)N2CC[C@@H](F)C2)ccc(F)c1Oc1ccc2ncn(-c3ccc(N4CCN(CC5CCN(c6ccc7c(c6)CN([C@@H]6CCC(=O)NC6=O)C7=O)CC5)CC4)cc3)c(=O)c2c1. The highest BCUT2D eigenvalue weighted by molar-refractivity contribution is 7.90. The standard InChI is InChI=1S/C48H48F2N10O7S/c49-32-15-18-58(28-32)68(65,66)54-42-10-8-40(50)45(39(42)25-51)67-36-6-9-41-38(24-36)48(64)60(29-52-41)34-3-1-33(2-4-34)57-21-19-55(20-22-57)26-30-13-16-56(17-14-30)35-5-7-37-31(23-35)27-59(47(37)63)43-11-12-44(61)53-46(43)62/h1-10,23-24,29-30,32,43,54H,11-22,26-28H2,(H,53,61,62)/t32-,43-/m1/s1. The van der Waals surface area contributed by atoms with Crippen LogP contribution in [0.3, 0.4) is 0 Å². The molecule has 68 heavy (non-hydrogen) atoms. The minimum Gasteiger partial charge on any atom is -0.453 e. The summed E-state index contributed by atoms with van der Waals surface area (Å²) in [5, 5.41) is 12.5. The molecule has 5 aliphatic heterocycles. The summed E-state index contributed by atoms with van der Waals surface area (Å²) < 4.78 is 65.2. The Bertz CT molecular complexity index is 3040. The van der Waals surface area contributed by atoms with E-state index < -0.39 is 51.0 Å². The summed E-state index contributed by atoms with van der Waals surface area (Å²) in [6, 6.07) is 21.2. The van der Waals surface area contributed by atoms with Crippen molar-refractivity contribution in [2.24, 2.45) is 5.92 Å². The van der Waals surface area contributed by atoms with Crippen LogP contribution in [0, 0.1) is 23.1 Å². The smallest absolute Gasteiger partial charge is 0.301 e. The lowest BCUT2D eigenvalue weighted by molar-refractivity contribution is -0.136. The number of piperazine rings is 1. The van der Waals surface area contributed by atoms with Gasteiger partial charge in [-0.1, -0.05) is 0 Å². The minimum atomic E-state index is -4.24. The second kappa shape index (κ2) is 18.3. The van der Waals surface area contributed by atoms with E-state index in [9.17, 15) is 37.2 Å². The van der Waals surface area contributed by atoms with Gasteiger partial charge in [0.1, 0.15) is 35.9 Å². The second-order valence-corrected chi connectivity index (χ2v) is 19.6. The van der Waals surface area contributed by atoms with Crippen LogP contribution in [-0.4, -0.2) is 121 Å². The van der Waals surface area contributed by atoms with Crippen LogP contribution < -0.4 is 30.1 Å². The normalized spacial score (nSPS) is 20.7. The van der Waals surface area contributed by atoms with E-state index in [1.54, 1.807) is 11.0 Å². The molecule has 4 saturated heterocycles. The number of carbonyl (C=O) groups excluding carboxylic acids is 3. The summed E-state index contributed by atoms with van der Waals surface area (Å²) in [4.78, 5) is 64.5. The number of benzene rings is 4. The first-order valence-corrected chi connectivity index (χ1v) is 24.2. The number of aromatic nitrogens is 2. The predicted octanol–water partition coefficient (Wildman–Crippen LogP) is 4.69. The summed E-state index contributed by atoms with van der Waals surface area (Å²) in [7, 11) is -4.24. The van der Waals surface area contributed by atoms with Gasteiger partial charge in [0.2, 0.25) is 11.8 Å². The van der Waals surface area contributed by atoms with Crippen molar-refractivity contribution in [2.45, 2.75) is 50.9 Å². The van der Waals surface area contributed by atoms with Crippen LogP contribution in [0.5, 0.6) is 11.5 Å². The van der Waals surface area contributed by atoms with Crippen molar-refractivity contribution < 1.29 is 36.3 Å². The van der Waals surface area contributed by atoms with Crippen molar-refractivity contribution in [3.63, 3.8) is 0 Å². The molecule has 10 rings (SSSR count). The molecule has 6 heterocycles. The molecule has 4 aromatic carbocycles. The maximum Gasteiger partial charge on any atom is 0.301 e. The van der Waals surface area contributed by atoms with E-state index in [0.717, 1.165) is 92.0 Å². The number of nitrogens with zero attached hydrogens (tertiary/aromatic N) is 8. The van der Waals surface area contributed by atoms with Crippen LogP contribution in [0.15, 0.2) is 83.9 Å². The van der Waals surface area contributed by atoms with E-state index >= 15 is 4.39 Å². The van der Waals surface area contributed by atoms with E-state index in [4.69, 9.17) is 4.74 Å². The molecule has 17 nitrogen and oxygen atoms in total. The van der Waals surface area contributed by atoms with Gasteiger partial charge in [0, 0.05) is 88.8 Å². The summed E-state index contributed by atoms with van der Waals surface area (Å²) in [5.41, 5.74) is 3.51. The molecule has 0 aliphatic carbocycles. The first-order chi connectivity index (χ1) is 32.8. The summed E-state index contributed by atoms with van der Waals surface area (Å²) >= 11 is 0. The van der Waals surface area contributed by atoms with E-state index in [2.05, 4.69) is 35.8 Å². The lowest BCUT2D eigenvalue weighted by Gasteiger charge is -2.40. The predicted molar refractivity (Wildman–Crippen MR) is 248 cm³/mol. The van der Waals surface area contributed by atoms with Crippen LogP contribution in [0.1, 0.15) is 53.6 Å². The number of rotatable bonds is 11.